The first-order valence-corrected chi connectivity index (χ1v) is 41.6. The maximum absolute atomic E-state index is 2.57. The van der Waals surface area contributed by atoms with Gasteiger partial charge in [-0.3, -0.25) is 0 Å². The molecule has 0 aromatic heterocycles. The van der Waals surface area contributed by atoms with E-state index in [-0.39, 0.29) is 0 Å². The minimum absolute atomic E-state index is 0.621. The quantitative estimate of drug-likeness (QED) is 0.120. The van der Waals surface area contributed by atoms with Crippen LogP contribution >= 0.6 is 23.5 Å². The van der Waals surface area contributed by atoms with Gasteiger partial charge in [0.15, 0.2) is 0 Å². The Morgan fingerprint density at radius 1 is 0.164 bits per heavy atom. The summed E-state index contributed by atoms with van der Waals surface area (Å²) in [6.45, 7) is 0. The molecule has 19 aromatic rings. The van der Waals surface area contributed by atoms with Crippen molar-refractivity contribution < 1.29 is 0 Å². The fraction of sp³-hybridized carbons (Fsp3) is 0.0179. The van der Waals surface area contributed by atoms with Crippen LogP contribution in [0.5, 0.6) is 0 Å². The largest absolute Gasteiger partial charge is 0.309 e. The molecule has 19 aromatic carbocycles. The van der Waals surface area contributed by atoms with Crippen LogP contribution in [0, 0.1) is 0 Å². The van der Waals surface area contributed by atoms with Crippen molar-refractivity contribution in [3.05, 3.63) is 481 Å². The van der Waals surface area contributed by atoms with Crippen LogP contribution < -0.4 is 9.80 Å². The molecular weight excluding hydrogens is 1440 g/mol. The topological polar surface area (TPSA) is 6.48 Å². The molecule has 0 saturated heterocycles. The van der Waals surface area contributed by atoms with Crippen molar-refractivity contribution in [3.8, 4) is 89.0 Å². The molecule has 2 aliphatic carbocycles. The van der Waals surface area contributed by atoms with Crippen LogP contribution in [0.25, 0.3) is 111 Å². The SMILES string of the molecule is c1ccc(-c2ccc(N(c3ccc(-c4ccccc4)cc3-c3cccc(-c4ccc5c(c4)-c4ccccc4C54c5cc6ccccc6cc5Sc5c(N(c6ccc(-c7ccccc7)cc6)c6ccccc6-c6ccccc6)cccc54)c3)c3cccc4c3Sc3cc5ccccc5cc3C43c4ccccc4-c4ccccc43)cc2)cc1. The van der Waals surface area contributed by atoms with E-state index in [4.69, 9.17) is 0 Å². The molecule has 1 atom stereocenters. The lowest BCUT2D eigenvalue weighted by atomic mass is 9.67. The summed E-state index contributed by atoms with van der Waals surface area (Å²) in [5.41, 5.74) is 34.4. The summed E-state index contributed by atoms with van der Waals surface area (Å²) in [5.74, 6) is 0. The lowest BCUT2D eigenvalue weighted by molar-refractivity contribution is 0.724. The van der Waals surface area contributed by atoms with E-state index in [1.165, 1.54) is 125 Å². The van der Waals surface area contributed by atoms with Gasteiger partial charge in [0, 0.05) is 42.1 Å². The van der Waals surface area contributed by atoms with Crippen molar-refractivity contribution >= 4 is 79.2 Å². The van der Waals surface area contributed by atoms with E-state index in [9.17, 15) is 0 Å². The van der Waals surface area contributed by atoms with Gasteiger partial charge in [-0.25, -0.2) is 0 Å². The van der Waals surface area contributed by atoms with Gasteiger partial charge < -0.3 is 9.80 Å². The molecule has 2 spiro atoms. The highest BCUT2D eigenvalue weighted by Crippen LogP contribution is 2.67. The van der Waals surface area contributed by atoms with E-state index >= 15 is 0 Å². The second kappa shape index (κ2) is 27.4. The minimum Gasteiger partial charge on any atom is -0.309 e. The molecule has 23 rings (SSSR count). The summed E-state index contributed by atoms with van der Waals surface area (Å²) in [6.07, 6.45) is 0. The van der Waals surface area contributed by atoms with Crippen molar-refractivity contribution in [2.24, 2.45) is 0 Å². The Labute approximate surface area is 684 Å². The molecule has 4 heteroatoms. The highest BCUT2D eigenvalue weighted by Gasteiger charge is 2.53. The third kappa shape index (κ3) is 10.6. The number of anilines is 6. The molecule has 2 heterocycles. The molecule has 2 aliphatic heterocycles. The van der Waals surface area contributed by atoms with Crippen LogP contribution in [0.1, 0.15) is 44.5 Å². The third-order valence-electron chi connectivity index (χ3n) is 24.7. The first-order chi connectivity index (χ1) is 57.5. The first-order valence-electron chi connectivity index (χ1n) is 40.0. The van der Waals surface area contributed by atoms with Crippen molar-refractivity contribution in [2.45, 2.75) is 30.4 Å². The van der Waals surface area contributed by atoms with Crippen LogP contribution in [0.4, 0.5) is 34.1 Å². The summed E-state index contributed by atoms with van der Waals surface area (Å²) >= 11 is 3.82. The standard InChI is InChI=1S/C112H72N2S2/c1-5-28-73(29-6-1)76-54-60-87(61-55-76)113(103-51-24-20-42-89(103)78-34-11-4-12-35-78)105-52-27-50-100-110(105)116-108-72-83-39-16-14-37-81(83)70-102(108)112(100)97-48-23-19-45-92(97)94-68-85(58-64-98(94)112)79-40-25-41-86(66-79)93-67-84(75-32-9-3-10-33-75)59-65-104(93)114(88-62-56-77(57-63-88)74-30-7-2-8-31-74)106-53-26-49-99-109(106)115-107-71-82-38-15-13-36-80(82)69-101(107)111(99)95-46-21-17-43-90(95)91-44-18-22-47-96(91)111/h1-72H. The van der Waals surface area contributed by atoms with Crippen molar-refractivity contribution in [1.82, 2.24) is 0 Å². The van der Waals surface area contributed by atoms with E-state index < -0.39 is 10.8 Å². The van der Waals surface area contributed by atoms with Crippen LogP contribution in [0.2, 0.25) is 0 Å². The predicted octanol–water partition coefficient (Wildman–Crippen LogP) is 30.6. The summed E-state index contributed by atoms with van der Waals surface area (Å²) in [5, 5.41) is 4.91. The van der Waals surface area contributed by atoms with Crippen molar-refractivity contribution in [1.29, 1.82) is 0 Å². The van der Waals surface area contributed by atoms with Gasteiger partial charge in [0.05, 0.1) is 33.6 Å². The number of fused-ring (bicyclic) bond motifs is 20. The van der Waals surface area contributed by atoms with Gasteiger partial charge in [-0.15, -0.1) is 0 Å². The predicted molar refractivity (Wildman–Crippen MR) is 486 cm³/mol. The van der Waals surface area contributed by atoms with Gasteiger partial charge in [0.1, 0.15) is 0 Å². The third-order valence-corrected chi connectivity index (χ3v) is 27.1. The average molecular weight is 1510 g/mol. The Morgan fingerprint density at radius 3 is 0.974 bits per heavy atom. The van der Waals surface area contributed by atoms with Gasteiger partial charge in [-0.2, -0.15) is 0 Å². The molecular formula is C112H72N2S2. The molecule has 2 nitrogen and oxygen atoms in total. The van der Waals surface area contributed by atoms with Gasteiger partial charge in [0.25, 0.3) is 0 Å². The molecule has 542 valence electrons. The van der Waals surface area contributed by atoms with E-state index in [1.54, 1.807) is 0 Å². The molecule has 0 radical (unpaired) electrons. The normalized spacial score (nSPS) is 14.1. The monoisotopic (exact) mass is 1510 g/mol. The molecule has 0 fully saturated rings. The highest BCUT2D eigenvalue weighted by atomic mass is 32.2. The molecule has 116 heavy (non-hydrogen) atoms. The molecule has 4 aliphatic rings. The summed E-state index contributed by atoms with van der Waals surface area (Å²) in [7, 11) is 0. The van der Waals surface area contributed by atoms with Crippen LogP contribution in [0.15, 0.2) is 456 Å². The maximum atomic E-state index is 2.57. The fourth-order valence-corrected chi connectivity index (χ4v) is 22.3. The lowest BCUT2D eigenvalue weighted by Crippen LogP contribution is -2.32. The van der Waals surface area contributed by atoms with Crippen LogP contribution in [0.3, 0.4) is 0 Å². The van der Waals surface area contributed by atoms with E-state index in [0.29, 0.717) is 0 Å². The summed E-state index contributed by atoms with van der Waals surface area (Å²) < 4.78 is 0. The molecule has 0 N–H and O–H groups in total. The smallest absolute Gasteiger partial charge is 0.0736 e. The van der Waals surface area contributed by atoms with Crippen molar-refractivity contribution in [3.63, 3.8) is 0 Å². The van der Waals surface area contributed by atoms with Gasteiger partial charge in [-0.1, -0.05) is 369 Å². The second-order valence-corrected chi connectivity index (χ2v) is 33.0. The molecule has 1 unspecified atom stereocenters. The first kappa shape index (κ1) is 67.7. The van der Waals surface area contributed by atoms with Crippen molar-refractivity contribution in [2.75, 3.05) is 9.80 Å². The van der Waals surface area contributed by atoms with E-state index in [2.05, 4.69) is 447 Å². The Balaban J connectivity index is 0.719. The zero-order chi connectivity index (χ0) is 76.4. The summed E-state index contributed by atoms with van der Waals surface area (Å²) in [6, 6.07) is 164. The fourth-order valence-electron chi connectivity index (χ4n) is 19.6. The van der Waals surface area contributed by atoms with Gasteiger partial charge >= 0.3 is 0 Å². The van der Waals surface area contributed by atoms with Gasteiger partial charge in [-0.05, 0) is 235 Å². The Kier molecular flexibility index (Phi) is 16.0. The molecule has 0 amide bonds. The Bertz CT molecular complexity index is 7090. The van der Waals surface area contributed by atoms with Crippen LogP contribution in [-0.2, 0) is 10.8 Å². The maximum Gasteiger partial charge on any atom is 0.0736 e. The summed E-state index contributed by atoms with van der Waals surface area (Å²) in [4.78, 5) is 10.1. The number of benzene rings is 19. The van der Waals surface area contributed by atoms with Crippen LogP contribution in [-0.4, -0.2) is 0 Å². The minimum atomic E-state index is -0.714. The number of nitrogens with zero attached hydrogens (tertiary/aromatic N) is 2. The van der Waals surface area contributed by atoms with Gasteiger partial charge in [0.2, 0.25) is 0 Å². The number of rotatable bonds is 12. The Morgan fingerprint density at radius 2 is 0.474 bits per heavy atom. The van der Waals surface area contributed by atoms with E-state index in [0.717, 1.165) is 84.2 Å². The number of hydrogen-bond acceptors (Lipinski definition) is 4. The van der Waals surface area contributed by atoms with E-state index in [1.807, 2.05) is 23.5 Å². The Hall–Kier alpha value is -14.0. The average Bonchev–Trinajstić information content (AvgIpc) is 1.49. The lowest BCUT2D eigenvalue weighted by Gasteiger charge is -2.42. The second-order valence-electron chi connectivity index (χ2n) is 30.9. The number of hydrogen-bond donors (Lipinski definition) is 0. The molecule has 0 saturated carbocycles. The molecule has 0 bridgehead atoms. The highest BCUT2D eigenvalue weighted by molar-refractivity contribution is 8.00. The zero-order valence-electron chi connectivity index (χ0n) is 63.3. The zero-order valence-corrected chi connectivity index (χ0v) is 64.9. The number of para-hydroxylation sites is 1.